The first kappa shape index (κ1) is 3.65. The lowest BCUT2D eigenvalue weighted by atomic mass is 10.3. The lowest BCUT2D eigenvalue weighted by Crippen LogP contribution is -1.84. The second-order valence-electron chi connectivity index (χ2n) is 1.13. The summed E-state index contributed by atoms with van der Waals surface area (Å²) in [5.41, 5.74) is 0.856. The van der Waals surface area contributed by atoms with Crippen molar-refractivity contribution >= 4 is 5.71 Å². The van der Waals surface area contributed by atoms with Crippen molar-refractivity contribution in [2.45, 2.75) is 6.92 Å². The molecule has 6 heavy (non-hydrogen) atoms. The largest absolute Gasteiger partial charge is 0.395 e. The predicted molar refractivity (Wildman–Crippen MR) is 22.3 cm³/mol. The van der Waals surface area contributed by atoms with Crippen molar-refractivity contribution in [3.8, 4) is 0 Å². The van der Waals surface area contributed by atoms with E-state index in [2.05, 4.69) is 16.4 Å². The van der Waals surface area contributed by atoms with Gasteiger partial charge in [-0.05, 0) is 6.92 Å². The van der Waals surface area contributed by atoms with E-state index in [1.54, 1.807) is 0 Å². The molecule has 0 amide bonds. The summed E-state index contributed by atoms with van der Waals surface area (Å²) in [5.74, 6) is 0. The average Bonchev–Trinajstić information content (AvgIpc) is 1.86. The molecule has 0 atom stereocenters. The minimum atomic E-state index is 0.534. The van der Waals surface area contributed by atoms with Gasteiger partial charge in [-0.2, -0.15) is 0 Å². The third-order valence-corrected chi connectivity index (χ3v) is 0.594. The Labute approximate surface area is 36.8 Å². The second kappa shape index (κ2) is 1.29. The quantitative estimate of drug-likeness (QED) is 0.417. The molecule has 0 aromatic carbocycles. The normalized spacial score (nSPS) is 19.8. The minimum Gasteiger partial charge on any atom is -0.395 e. The highest BCUT2D eigenvalue weighted by atomic mass is 16.6. The van der Waals surface area contributed by atoms with Crippen LogP contribution in [-0.4, -0.2) is 12.3 Å². The maximum absolute atomic E-state index is 4.53. The summed E-state index contributed by atoms with van der Waals surface area (Å²) in [6, 6.07) is 0. The van der Waals surface area contributed by atoms with Gasteiger partial charge >= 0.3 is 0 Å². The highest BCUT2D eigenvalue weighted by Gasteiger charge is 1.99. The molecule has 2 radical (unpaired) electrons. The van der Waals surface area contributed by atoms with Crippen molar-refractivity contribution < 1.29 is 4.84 Å². The average molecular weight is 83.1 g/mol. The van der Waals surface area contributed by atoms with Crippen LogP contribution in [0, 0.1) is 6.42 Å². The molecular formula is C4H5NO. The molecule has 0 saturated heterocycles. The molecule has 1 rings (SSSR count). The predicted octanol–water partition coefficient (Wildman–Crippen LogP) is 0.474. The van der Waals surface area contributed by atoms with Crippen molar-refractivity contribution in [1.29, 1.82) is 0 Å². The lowest BCUT2D eigenvalue weighted by molar-refractivity contribution is 0.186. The van der Waals surface area contributed by atoms with Crippen LogP contribution in [0.1, 0.15) is 6.92 Å². The standard InChI is InChI=1S/C4H5NO/c1-4-2-3-6-5-4/h3H2,1H3. The third kappa shape index (κ3) is 0.506. The van der Waals surface area contributed by atoms with Crippen LogP contribution in [0.3, 0.4) is 0 Å². The van der Waals surface area contributed by atoms with Crippen molar-refractivity contribution in [2.75, 3.05) is 6.61 Å². The molecule has 0 aliphatic carbocycles. The van der Waals surface area contributed by atoms with Crippen LogP contribution in [0.4, 0.5) is 0 Å². The number of oxime groups is 1. The maximum atomic E-state index is 4.53. The molecule has 1 aliphatic heterocycles. The van der Waals surface area contributed by atoms with Gasteiger partial charge in [-0.25, -0.2) is 0 Å². The fraction of sp³-hybridized carbons (Fsp3) is 0.500. The summed E-state index contributed by atoms with van der Waals surface area (Å²) in [6.45, 7) is 2.39. The smallest absolute Gasteiger partial charge is 0.130 e. The first-order valence-electron chi connectivity index (χ1n) is 1.80. The summed E-state index contributed by atoms with van der Waals surface area (Å²) in [6.07, 6.45) is 2.85. The van der Waals surface area contributed by atoms with Gasteiger partial charge in [-0.1, -0.05) is 5.16 Å². The van der Waals surface area contributed by atoms with E-state index in [1.165, 1.54) is 0 Å². The molecule has 0 aromatic heterocycles. The fourth-order valence-corrected chi connectivity index (χ4v) is 0.298. The summed E-state index contributed by atoms with van der Waals surface area (Å²) >= 11 is 0. The van der Waals surface area contributed by atoms with Gasteiger partial charge in [0.1, 0.15) is 6.61 Å². The molecule has 0 aromatic rings. The van der Waals surface area contributed by atoms with Crippen LogP contribution in [0.15, 0.2) is 5.16 Å². The summed E-state index contributed by atoms with van der Waals surface area (Å²) in [7, 11) is 0. The molecule has 1 heterocycles. The topological polar surface area (TPSA) is 21.6 Å². The molecule has 0 bridgehead atoms. The van der Waals surface area contributed by atoms with Crippen molar-refractivity contribution in [3.05, 3.63) is 6.42 Å². The Morgan fingerprint density at radius 3 is 3.00 bits per heavy atom. The Morgan fingerprint density at radius 1 is 2.00 bits per heavy atom. The van der Waals surface area contributed by atoms with Crippen LogP contribution in [0.2, 0.25) is 0 Å². The van der Waals surface area contributed by atoms with E-state index in [1.807, 2.05) is 6.92 Å². The van der Waals surface area contributed by atoms with Crippen molar-refractivity contribution in [2.24, 2.45) is 5.16 Å². The number of hydrogen-bond acceptors (Lipinski definition) is 2. The van der Waals surface area contributed by atoms with E-state index < -0.39 is 0 Å². The van der Waals surface area contributed by atoms with E-state index in [0.29, 0.717) is 6.61 Å². The first-order chi connectivity index (χ1) is 2.89. The van der Waals surface area contributed by atoms with Crippen LogP contribution < -0.4 is 0 Å². The Bertz CT molecular complexity index is 77.6. The molecule has 0 saturated carbocycles. The summed E-state index contributed by atoms with van der Waals surface area (Å²) in [4.78, 5) is 4.53. The van der Waals surface area contributed by atoms with Crippen molar-refractivity contribution in [3.63, 3.8) is 0 Å². The monoisotopic (exact) mass is 83.0 g/mol. The molecule has 2 nitrogen and oxygen atoms in total. The first-order valence-corrected chi connectivity index (χ1v) is 1.80. The van der Waals surface area contributed by atoms with Crippen LogP contribution in [-0.2, 0) is 4.84 Å². The highest BCUT2D eigenvalue weighted by Crippen LogP contribution is 1.94. The molecule has 32 valence electrons. The molecule has 0 N–H and O–H groups in total. The van der Waals surface area contributed by atoms with E-state index >= 15 is 0 Å². The Morgan fingerprint density at radius 2 is 2.83 bits per heavy atom. The number of nitrogens with zero attached hydrogens (tertiary/aromatic N) is 1. The second-order valence-corrected chi connectivity index (χ2v) is 1.13. The van der Waals surface area contributed by atoms with Gasteiger partial charge in [0, 0.05) is 0 Å². The highest BCUT2D eigenvalue weighted by molar-refractivity contribution is 5.90. The van der Waals surface area contributed by atoms with E-state index in [4.69, 9.17) is 0 Å². The Balaban J connectivity index is 2.45. The van der Waals surface area contributed by atoms with Crippen LogP contribution in [0.25, 0.3) is 0 Å². The number of hydrogen-bond donors (Lipinski definition) is 0. The zero-order chi connectivity index (χ0) is 4.41. The lowest BCUT2D eigenvalue weighted by Gasteiger charge is -1.75. The van der Waals surface area contributed by atoms with Gasteiger partial charge in [-0.15, -0.1) is 0 Å². The molecular weight excluding hydrogens is 78.0 g/mol. The summed E-state index contributed by atoms with van der Waals surface area (Å²) < 4.78 is 0. The van der Waals surface area contributed by atoms with Gasteiger partial charge in [0.2, 0.25) is 0 Å². The Hall–Kier alpha value is -0.530. The van der Waals surface area contributed by atoms with Gasteiger partial charge in [0.05, 0.1) is 12.1 Å². The Kier molecular flexibility index (Phi) is 0.783. The zero-order valence-electron chi connectivity index (χ0n) is 3.56. The maximum Gasteiger partial charge on any atom is 0.130 e. The SMILES string of the molecule is CC1=NOC[C]1. The number of rotatable bonds is 0. The van der Waals surface area contributed by atoms with Crippen LogP contribution in [0.5, 0.6) is 0 Å². The summed E-state index contributed by atoms with van der Waals surface area (Å²) in [5, 5.41) is 3.54. The van der Waals surface area contributed by atoms with E-state index in [9.17, 15) is 0 Å². The zero-order valence-corrected chi connectivity index (χ0v) is 3.56. The molecule has 1 aliphatic rings. The third-order valence-electron chi connectivity index (χ3n) is 0.594. The van der Waals surface area contributed by atoms with Gasteiger partial charge in [0.25, 0.3) is 0 Å². The molecule has 0 spiro atoms. The van der Waals surface area contributed by atoms with Gasteiger partial charge < -0.3 is 4.84 Å². The molecule has 2 heteroatoms. The van der Waals surface area contributed by atoms with Gasteiger partial charge in [-0.3, -0.25) is 0 Å². The van der Waals surface area contributed by atoms with Crippen molar-refractivity contribution in [1.82, 2.24) is 0 Å². The van der Waals surface area contributed by atoms with E-state index in [-0.39, 0.29) is 0 Å². The minimum absolute atomic E-state index is 0.534. The van der Waals surface area contributed by atoms with Gasteiger partial charge in [0.15, 0.2) is 0 Å². The molecule has 0 unspecified atom stereocenters. The van der Waals surface area contributed by atoms with Crippen LogP contribution >= 0.6 is 0 Å². The molecule has 0 fully saturated rings. The fourth-order valence-electron chi connectivity index (χ4n) is 0.298. The van der Waals surface area contributed by atoms with E-state index in [0.717, 1.165) is 5.71 Å².